The third-order valence-corrected chi connectivity index (χ3v) is 2.36. The fourth-order valence-electron chi connectivity index (χ4n) is 1.77. The molecule has 0 bridgehead atoms. The third kappa shape index (κ3) is 1.82. The van der Waals surface area contributed by atoms with Crippen LogP contribution in [-0.4, -0.2) is 35.8 Å². The molecule has 1 fully saturated rings. The summed E-state index contributed by atoms with van der Waals surface area (Å²) in [4.78, 5) is 24.4. The van der Waals surface area contributed by atoms with Gasteiger partial charge in [0.05, 0.1) is 0 Å². The first-order valence-electron chi connectivity index (χ1n) is 4.60. The summed E-state index contributed by atoms with van der Waals surface area (Å²) in [6.07, 6.45) is 1.15. The van der Waals surface area contributed by atoms with Crippen LogP contribution < -0.4 is 5.32 Å². The quantitative estimate of drug-likeness (QED) is 0.663. The van der Waals surface area contributed by atoms with Crippen molar-refractivity contribution in [1.29, 1.82) is 0 Å². The van der Waals surface area contributed by atoms with Crippen LogP contribution in [0.4, 0.5) is 0 Å². The summed E-state index contributed by atoms with van der Waals surface area (Å²) in [5, 5.41) is 2.58. The molecule has 1 aliphatic rings. The van der Waals surface area contributed by atoms with Crippen molar-refractivity contribution in [1.82, 2.24) is 10.2 Å². The normalized spacial score (nSPS) is 22.6. The fraction of sp³-hybridized carbons (Fsp3) is 0.778. The molecule has 0 aromatic rings. The molecule has 1 saturated heterocycles. The van der Waals surface area contributed by atoms with Crippen LogP contribution in [0.25, 0.3) is 0 Å². The molecule has 2 amide bonds. The van der Waals surface area contributed by atoms with Crippen molar-refractivity contribution in [3.63, 3.8) is 0 Å². The van der Waals surface area contributed by atoms with Crippen molar-refractivity contribution in [2.75, 3.05) is 7.05 Å². The lowest BCUT2D eigenvalue weighted by atomic mass is 10.2. The van der Waals surface area contributed by atoms with Crippen LogP contribution in [0.1, 0.15) is 26.7 Å². The lowest BCUT2D eigenvalue weighted by Crippen LogP contribution is -2.46. The number of likely N-dealkylation sites (N-methyl/N-ethyl adjacent to an activating group) is 1. The van der Waals surface area contributed by atoms with Crippen molar-refractivity contribution >= 4 is 11.8 Å². The van der Waals surface area contributed by atoms with E-state index in [0.29, 0.717) is 12.8 Å². The van der Waals surface area contributed by atoms with E-state index in [1.165, 1.54) is 0 Å². The van der Waals surface area contributed by atoms with Gasteiger partial charge in [0.25, 0.3) is 0 Å². The number of carbonyl (C=O) groups is 2. The summed E-state index contributed by atoms with van der Waals surface area (Å²) in [5.41, 5.74) is 0. The van der Waals surface area contributed by atoms with E-state index in [-0.39, 0.29) is 23.9 Å². The van der Waals surface area contributed by atoms with Gasteiger partial charge in [-0.05, 0) is 20.3 Å². The Kier molecular flexibility index (Phi) is 2.90. The number of likely N-dealkylation sites (tertiary alicyclic amines) is 1. The topological polar surface area (TPSA) is 49.4 Å². The van der Waals surface area contributed by atoms with Gasteiger partial charge in [0.15, 0.2) is 0 Å². The van der Waals surface area contributed by atoms with Crippen molar-refractivity contribution in [2.24, 2.45) is 0 Å². The van der Waals surface area contributed by atoms with Crippen LogP contribution in [0.15, 0.2) is 0 Å². The van der Waals surface area contributed by atoms with E-state index in [2.05, 4.69) is 5.32 Å². The highest BCUT2D eigenvalue weighted by Crippen LogP contribution is 2.21. The molecule has 1 atom stereocenters. The van der Waals surface area contributed by atoms with Gasteiger partial charge in [-0.25, -0.2) is 0 Å². The molecule has 1 aliphatic heterocycles. The number of nitrogens with zero attached hydrogens (tertiary/aromatic N) is 1. The molecular formula is C9H16N2O2. The lowest BCUT2D eigenvalue weighted by molar-refractivity contribution is -0.136. The van der Waals surface area contributed by atoms with Gasteiger partial charge in [0.1, 0.15) is 6.04 Å². The summed E-state index contributed by atoms with van der Waals surface area (Å²) >= 11 is 0. The van der Waals surface area contributed by atoms with E-state index < -0.39 is 0 Å². The Hall–Kier alpha value is -1.06. The van der Waals surface area contributed by atoms with Gasteiger partial charge < -0.3 is 10.2 Å². The zero-order chi connectivity index (χ0) is 10.0. The van der Waals surface area contributed by atoms with Gasteiger partial charge >= 0.3 is 0 Å². The second-order valence-electron chi connectivity index (χ2n) is 3.56. The van der Waals surface area contributed by atoms with Gasteiger partial charge in [-0.15, -0.1) is 0 Å². The maximum absolute atomic E-state index is 11.4. The average molecular weight is 184 g/mol. The van der Waals surface area contributed by atoms with Crippen molar-refractivity contribution in [3.05, 3.63) is 0 Å². The first-order chi connectivity index (χ1) is 6.07. The van der Waals surface area contributed by atoms with Crippen molar-refractivity contribution in [2.45, 2.75) is 38.8 Å². The number of carbonyl (C=O) groups excluding carboxylic acids is 2. The van der Waals surface area contributed by atoms with E-state index in [9.17, 15) is 9.59 Å². The van der Waals surface area contributed by atoms with Crippen LogP contribution in [0, 0.1) is 0 Å². The van der Waals surface area contributed by atoms with Crippen molar-refractivity contribution < 1.29 is 9.59 Å². The Morgan fingerprint density at radius 3 is 2.69 bits per heavy atom. The molecule has 0 saturated carbocycles. The minimum atomic E-state index is -0.252. The molecule has 0 radical (unpaired) electrons. The summed E-state index contributed by atoms with van der Waals surface area (Å²) in [6, 6.07) is -0.144. The summed E-state index contributed by atoms with van der Waals surface area (Å²) in [7, 11) is 1.60. The van der Waals surface area contributed by atoms with Crippen LogP contribution in [0.2, 0.25) is 0 Å². The van der Waals surface area contributed by atoms with Crippen molar-refractivity contribution in [3.8, 4) is 0 Å². The highest BCUT2D eigenvalue weighted by atomic mass is 16.2. The monoisotopic (exact) mass is 184 g/mol. The van der Waals surface area contributed by atoms with Gasteiger partial charge in [0.2, 0.25) is 11.8 Å². The standard InChI is InChI=1S/C9H16N2O2/c1-6(2)11-7(9(13)10-3)4-5-8(11)12/h6-7H,4-5H2,1-3H3,(H,10,13). The minimum absolute atomic E-state index is 0.0560. The Labute approximate surface area is 78.3 Å². The largest absolute Gasteiger partial charge is 0.357 e. The number of rotatable bonds is 2. The SMILES string of the molecule is CNC(=O)C1CCC(=O)N1C(C)C. The number of amides is 2. The molecular weight excluding hydrogens is 168 g/mol. The Morgan fingerprint density at radius 1 is 1.62 bits per heavy atom. The fourth-order valence-corrected chi connectivity index (χ4v) is 1.77. The van der Waals surface area contributed by atoms with E-state index in [1.54, 1.807) is 11.9 Å². The van der Waals surface area contributed by atoms with E-state index >= 15 is 0 Å². The van der Waals surface area contributed by atoms with Gasteiger partial charge in [0, 0.05) is 19.5 Å². The predicted octanol–water partition coefficient (Wildman–Crippen LogP) is 0.132. The Morgan fingerprint density at radius 2 is 2.23 bits per heavy atom. The zero-order valence-electron chi connectivity index (χ0n) is 8.33. The van der Waals surface area contributed by atoms with Gasteiger partial charge in [-0.2, -0.15) is 0 Å². The Bertz CT molecular complexity index is 226. The lowest BCUT2D eigenvalue weighted by Gasteiger charge is -2.27. The summed E-state index contributed by atoms with van der Waals surface area (Å²) < 4.78 is 0. The summed E-state index contributed by atoms with van der Waals surface area (Å²) in [5.74, 6) is 0.0307. The number of nitrogens with one attached hydrogen (secondary N) is 1. The highest BCUT2D eigenvalue weighted by molar-refractivity contribution is 5.90. The molecule has 0 aromatic carbocycles. The van der Waals surface area contributed by atoms with E-state index in [4.69, 9.17) is 0 Å². The first kappa shape index (κ1) is 10.0. The number of hydrogen-bond acceptors (Lipinski definition) is 2. The maximum atomic E-state index is 11.4. The smallest absolute Gasteiger partial charge is 0.242 e. The molecule has 4 nitrogen and oxygen atoms in total. The Balaban J connectivity index is 2.75. The van der Waals surface area contributed by atoms with Gasteiger partial charge in [-0.1, -0.05) is 0 Å². The second kappa shape index (κ2) is 3.77. The van der Waals surface area contributed by atoms with Gasteiger partial charge in [-0.3, -0.25) is 9.59 Å². The third-order valence-electron chi connectivity index (χ3n) is 2.36. The molecule has 74 valence electrons. The predicted molar refractivity (Wildman–Crippen MR) is 49.1 cm³/mol. The van der Waals surface area contributed by atoms with Crippen LogP contribution in [0.5, 0.6) is 0 Å². The molecule has 4 heteroatoms. The van der Waals surface area contributed by atoms with Crippen LogP contribution in [0.3, 0.4) is 0 Å². The average Bonchev–Trinajstić information content (AvgIpc) is 2.45. The van der Waals surface area contributed by atoms with E-state index in [1.807, 2.05) is 13.8 Å². The second-order valence-corrected chi connectivity index (χ2v) is 3.56. The summed E-state index contributed by atoms with van der Waals surface area (Å²) in [6.45, 7) is 3.86. The molecule has 1 rings (SSSR count). The zero-order valence-corrected chi connectivity index (χ0v) is 8.33. The molecule has 0 aliphatic carbocycles. The number of hydrogen-bond donors (Lipinski definition) is 1. The molecule has 1 heterocycles. The highest BCUT2D eigenvalue weighted by Gasteiger charge is 2.36. The van der Waals surface area contributed by atoms with Crippen LogP contribution in [-0.2, 0) is 9.59 Å². The molecule has 0 spiro atoms. The first-order valence-corrected chi connectivity index (χ1v) is 4.60. The van der Waals surface area contributed by atoms with Crippen LogP contribution >= 0.6 is 0 Å². The maximum Gasteiger partial charge on any atom is 0.242 e. The minimum Gasteiger partial charge on any atom is -0.357 e. The molecule has 1 unspecified atom stereocenters. The molecule has 0 aromatic heterocycles. The van der Waals surface area contributed by atoms with E-state index in [0.717, 1.165) is 0 Å². The molecule has 1 N–H and O–H groups in total. The molecule has 13 heavy (non-hydrogen) atoms.